The maximum absolute atomic E-state index is 11.8. The molecule has 0 aliphatic heterocycles. The van der Waals surface area contributed by atoms with Crippen molar-refractivity contribution in [2.24, 2.45) is 4.99 Å². The fourth-order valence-electron chi connectivity index (χ4n) is 1.07. The first-order valence-electron chi connectivity index (χ1n) is 5.91. The van der Waals surface area contributed by atoms with Crippen molar-refractivity contribution in [1.82, 2.24) is 10.6 Å². The normalized spacial score (nSPS) is 12.8. The Morgan fingerprint density at radius 2 is 1.67 bits per heavy atom. The first-order valence-corrected chi connectivity index (χ1v) is 7.56. The number of nitrogens with zero attached hydrogens (tertiary/aromatic N) is 1. The largest absolute Gasteiger partial charge is 0.356 e. The van der Waals surface area contributed by atoms with Crippen molar-refractivity contribution in [3.63, 3.8) is 0 Å². The highest BCUT2D eigenvalue weighted by Crippen LogP contribution is 2.14. The number of rotatable bonds is 5. The molecule has 0 atom stereocenters. The zero-order valence-electron chi connectivity index (χ0n) is 11.9. The number of aliphatic imine (C=N–C) groups is 1. The molecule has 7 heteroatoms. The summed E-state index contributed by atoms with van der Waals surface area (Å²) < 4.78 is 23.0. The van der Waals surface area contributed by atoms with Crippen molar-refractivity contribution in [3.05, 3.63) is 0 Å². The summed E-state index contributed by atoms with van der Waals surface area (Å²) in [6.45, 7) is 8.41. The molecule has 18 heavy (non-hydrogen) atoms. The quantitative estimate of drug-likeness (QED) is 0.422. The third-order valence-corrected chi connectivity index (χ3v) is 4.97. The minimum Gasteiger partial charge on any atom is -0.356 e. The van der Waals surface area contributed by atoms with Gasteiger partial charge in [-0.1, -0.05) is 6.92 Å². The minimum atomic E-state index is -3.07. The van der Waals surface area contributed by atoms with Gasteiger partial charge in [-0.05, 0) is 27.2 Å². The van der Waals surface area contributed by atoms with Crippen LogP contribution in [0.5, 0.6) is 0 Å². The first kappa shape index (κ1) is 20.3. The highest BCUT2D eigenvalue weighted by Gasteiger charge is 2.28. The summed E-state index contributed by atoms with van der Waals surface area (Å²) in [5.41, 5.74) is 0. The Balaban J connectivity index is 0. The second kappa shape index (κ2) is 8.95. The summed E-state index contributed by atoms with van der Waals surface area (Å²) in [4.78, 5) is 4.01. The van der Waals surface area contributed by atoms with Gasteiger partial charge in [0.05, 0.1) is 10.5 Å². The molecule has 0 aliphatic rings. The maximum Gasteiger partial charge on any atom is 0.191 e. The molecule has 0 aliphatic carbocycles. The van der Waals surface area contributed by atoms with Gasteiger partial charge < -0.3 is 10.6 Å². The van der Waals surface area contributed by atoms with E-state index < -0.39 is 14.6 Å². The average molecular weight is 391 g/mol. The molecule has 5 nitrogen and oxygen atoms in total. The lowest BCUT2D eigenvalue weighted by molar-refractivity contribution is 0.559. The standard InChI is InChI=1S/C11H25N3O2S.HI/c1-6-7-13-10(12-5)14-8-9-17(15,16)11(2,3)4;/h6-9H2,1-5H3,(H2,12,13,14);1H. The van der Waals surface area contributed by atoms with E-state index >= 15 is 0 Å². The zero-order chi connectivity index (χ0) is 13.5. The van der Waals surface area contributed by atoms with Gasteiger partial charge in [-0.3, -0.25) is 4.99 Å². The van der Waals surface area contributed by atoms with Crippen LogP contribution in [0.25, 0.3) is 0 Å². The van der Waals surface area contributed by atoms with Gasteiger partial charge in [-0.15, -0.1) is 24.0 Å². The molecule has 0 aromatic heterocycles. The van der Waals surface area contributed by atoms with Crippen LogP contribution in [0.15, 0.2) is 4.99 Å². The molecule has 0 radical (unpaired) electrons. The third kappa shape index (κ3) is 7.40. The smallest absolute Gasteiger partial charge is 0.191 e. The summed E-state index contributed by atoms with van der Waals surface area (Å²) in [5, 5.41) is 6.08. The molecule has 0 rings (SSSR count). The molecule has 0 spiro atoms. The molecule has 0 saturated carbocycles. The van der Waals surface area contributed by atoms with E-state index in [1.807, 2.05) is 0 Å². The molecule has 0 amide bonds. The van der Waals surface area contributed by atoms with E-state index in [4.69, 9.17) is 0 Å². The van der Waals surface area contributed by atoms with E-state index in [1.54, 1.807) is 27.8 Å². The van der Waals surface area contributed by atoms with Gasteiger partial charge in [-0.2, -0.15) is 0 Å². The lowest BCUT2D eigenvalue weighted by atomic mass is 10.3. The fourth-order valence-corrected chi connectivity index (χ4v) is 2.06. The molecule has 0 bridgehead atoms. The number of hydrogen-bond donors (Lipinski definition) is 2. The van der Waals surface area contributed by atoms with Crippen LogP contribution in [-0.4, -0.2) is 45.0 Å². The predicted molar refractivity (Wildman–Crippen MR) is 88.6 cm³/mol. The topological polar surface area (TPSA) is 70.6 Å². The van der Waals surface area contributed by atoms with Crippen LogP contribution in [0.3, 0.4) is 0 Å². The summed E-state index contributed by atoms with van der Waals surface area (Å²) in [5.74, 6) is 0.763. The first-order chi connectivity index (χ1) is 7.74. The minimum absolute atomic E-state index is 0. The summed E-state index contributed by atoms with van der Waals surface area (Å²) in [6.07, 6.45) is 1.00. The number of hydrogen-bond acceptors (Lipinski definition) is 3. The highest BCUT2D eigenvalue weighted by molar-refractivity contribution is 14.0. The van der Waals surface area contributed by atoms with Crippen LogP contribution in [0.1, 0.15) is 34.1 Å². The Bertz CT molecular complexity index is 348. The Kier molecular flexibility index (Phi) is 10.1. The molecule has 0 heterocycles. The monoisotopic (exact) mass is 391 g/mol. The molecular formula is C11H26IN3O2S. The molecule has 0 unspecified atom stereocenters. The Hall–Kier alpha value is -0.0500. The Morgan fingerprint density at radius 3 is 2.06 bits per heavy atom. The fraction of sp³-hybridized carbons (Fsp3) is 0.909. The Labute approximate surface area is 128 Å². The van der Waals surface area contributed by atoms with E-state index in [0.29, 0.717) is 12.5 Å². The van der Waals surface area contributed by atoms with Crippen LogP contribution in [0.4, 0.5) is 0 Å². The number of halogens is 1. The van der Waals surface area contributed by atoms with Gasteiger partial charge in [0.2, 0.25) is 0 Å². The zero-order valence-corrected chi connectivity index (χ0v) is 15.1. The number of guanidine groups is 1. The molecule has 0 fully saturated rings. The van der Waals surface area contributed by atoms with E-state index in [2.05, 4.69) is 22.5 Å². The average Bonchev–Trinajstić information content (AvgIpc) is 2.21. The maximum atomic E-state index is 11.8. The van der Waals surface area contributed by atoms with Gasteiger partial charge >= 0.3 is 0 Å². The predicted octanol–water partition coefficient (Wildman–Crippen LogP) is 1.39. The third-order valence-electron chi connectivity index (χ3n) is 2.36. The number of nitrogens with one attached hydrogen (secondary N) is 2. The SMILES string of the molecule is CCCNC(=NC)NCCS(=O)(=O)C(C)(C)C.I. The van der Waals surface area contributed by atoms with Gasteiger partial charge in [0.15, 0.2) is 15.8 Å². The van der Waals surface area contributed by atoms with E-state index in [-0.39, 0.29) is 29.7 Å². The molecule has 110 valence electrons. The molecular weight excluding hydrogens is 365 g/mol. The summed E-state index contributed by atoms with van der Waals surface area (Å²) in [6, 6.07) is 0. The van der Waals surface area contributed by atoms with Gasteiger partial charge in [0.25, 0.3) is 0 Å². The van der Waals surface area contributed by atoms with Gasteiger partial charge in [0.1, 0.15) is 0 Å². The van der Waals surface area contributed by atoms with Crippen LogP contribution < -0.4 is 10.6 Å². The van der Waals surface area contributed by atoms with Crippen molar-refractivity contribution in [3.8, 4) is 0 Å². The molecule has 0 saturated heterocycles. The molecule has 0 aromatic carbocycles. The van der Waals surface area contributed by atoms with Crippen LogP contribution >= 0.6 is 24.0 Å². The van der Waals surface area contributed by atoms with E-state index in [0.717, 1.165) is 13.0 Å². The summed E-state index contributed by atoms with van der Waals surface area (Å²) in [7, 11) is -1.40. The lowest BCUT2D eigenvalue weighted by Gasteiger charge is -2.19. The van der Waals surface area contributed by atoms with E-state index in [9.17, 15) is 8.42 Å². The second-order valence-corrected chi connectivity index (χ2v) is 7.72. The Morgan fingerprint density at radius 1 is 1.17 bits per heavy atom. The van der Waals surface area contributed by atoms with Crippen LogP contribution in [0.2, 0.25) is 0 Å². The van der Waals surface area contributed by atoms with Crippen molar-refractivity contribution in [2.75, 3.05) is 25.9 Å². The highest BCUT2D eigenvalue weighted by atomic mass is 127. The van der Waals surface area contributed by atoms with Gasteiger partial charge in [0, 0.05) is 20.1 Å². The van der Waals surface area contributed by atoms with Crippen molar-refractivity contribution < 1.29 is 8.42 Å². The molecule has 2 N–H and O–H groups in total. The second-order valence-electron chi connectivity index (χ2n) is 4.86. The van der Waals surface area contributed by atoms with Gasteiger partial charge in [-0.25, -0.2) is 8.42 Å². The molecule has 0 aromatic rings. The lowest BCUT2D eigenvalue weighted by Crippen LogP contribution is -2.42. The summed E-state index contributed by atoms with van der Waals surface area (Å²) >= 11 is 0. The van der Waals surface area contributed by atoms with Crippen molar-refractivity contribution in [1.29, 1.82) is 0 Å². The van der Waals surface area contributed by atoms with E-state index in [1.165, 1.54) is 0 Å². The van der Waals surface area contributed by atoms with Crippen molar-refractivity contribution in [2.45, 2.75) is 38.9 Å². The van der Waals surface area contributed by atoms with Crippen molar-refractivity contribution >= 4 is 39.8 Å². The van der Waals surface area contributed by atoms with Crippen LogP contribution in [-0.2, 0) is 9.84 Å². The van der Waals surface area contributed by atoms with Crippen LogP contribution in [0, 0.1) is 0 Å². The number of sulfone groups is 1.